The van der Waals surface area contributed by atoms with Gasteiger partial charge >= 0.3 is 12.0 Å². The summed E-state index contributed by atoms with van der Waals surface area (Å²) in [4.78, 5) is 55.0. The molecule has 0 saturated carbocycles. The third kappa shape index (κ3) is 6.99. The maximum absolute atomic E-state index is 13.8. The Kier molecular flexibility index (Phi) is 8.86. The van der Waals surface area contributed by atoms with Crippen molar-refractivity contribution in [1.82, 2.24) is 15.1 Å². The Balaban J connectivity index is 1.66. The van der Waals surface area contributed by atoms with Crippen LogP contribution in [-0.4, -0.2) is 65.1 Å². The number of carbonyl (C=O) groups is 4. The second kappa shape index (κ2) is 12.5. The lowest BCUT2D eigenvalue weighted by Gasteiger charge is -2.31. The van der Waals surface area contributed by atoms with Crippen LogP contribution in [0, 0.1) is 19.7 Å². The predicted octanol–water partition coefficient (Wildman–Crippen LogP) is 4.10. The number of hydrogen-bond acceptors (Lipinski definition) is 5. The molecule has 2 atom stereocenters. The zero-order chi connectivity index (χ0) is 29.7. The van der Waals surface area contributed by atoms with Crippen LogP contribution in [-0.2, 0) is 9.59 Å². The van der Waals surface area contributed by atoms with E-state index in [9.17, 15) is 28.7 Å². The van der Waals surface area contributed by atoms with Crippen LogP contribution in [0.25, 0.3) is 0 Å². The Hall–Kier alpha value is -4.93. The Morgan fingerprint density at radius 1 is 0.976 bits per heavy atom. The highest BCUT2D eigenvalue weighted by Crippen LogP contribution is 2.25. The number of methoxy groups -OCH3 is 1. The van der Waals surface area contributed by atoms with E-state index >= 15 is 0 Å². The SMILES string of the molecule is COc1cccc(C(=O)N2CCN(C(=O)Nc3cc(C)cc(C)c3)C2C(=O)NC(CC(=O)O)c2ccc(F)cc2)c1. The monoisotopic (exact) mass is 562 g/mol. The van der Waals surface area contributed by atoms with Gasteiger partial charge in [0, 0.05) is 24.3 Å². The standard InChI is InChI=1S/C30H31FN4O6/c1-18-13-19(2)15-23(14-18)32-30(40)35-12-11-34(29(39)21-5-4-6-24(16-21)41-3)28(35)27(38)33-25(17-26(36)37)20-7-9-22(31)10-8-20/h4-10,13-16,25,28H,11-12,17H2,1-3H3,(H,32,40)(H,33,38)(H,36,37). The maximum atomic E-state index is 13.8. The van der Waals surface area contributed by atoms with E-state index in [-0.39, 0.29) is 18.7 Å². The first-order valence-corrected chi connectivity index (χ1v) is 12.9. The number of ether oxygens (including phenoxy) is 1. The topological polar surface area (TPSA) is 128 Å². The number of aliphatic carboxylic acids is 1. The van der Waals surface area contributed by atoms with E-state index < -0.39 is 48.3 Å². The van der Waals surface area contributed by atoms with Gasteiger partial charge in [0.25, 0.3) is 11.8 Å². The molecule has 0 aromatic heterocycles. The highest BCUT2D eigenvalue weighted by atomic mass is 19.1. The van der Waals surface area contributed by atoms with Crippen LogP contribution in [0.2, 0.25) is 0 Å². The molecule has 1 saturated heterocycles. The lowest BCUT2D eigenvalue weighted by Crippen LogP contribution is -2.55. The van der Waals surface area contributed by atoms with Crippen molar-refractivity contribution in [3.63, 3.8) is 0 Å². The second-order valence-corrected chi connectivity index (χ2v) is 9.81. The quantitative estimate of drug-likeness (QED) is 0.379. The molecule has 1 heterocycles. The van der Waals surface area contributed by atoms with Gasteiger partial charge in [-0.05, 0) is 73.0 Å². The molecule has 214 valence electrons. The normalized spacial score (nSPS) is 15.3. The molecule has 0 radical (unpaired) electrons. The number of amides is 4. The minimum absolute atomic E-state index is 0.0462. The number of urea groups is 1. The zero-order valence-corrected chi connectivity index (χ0v) is 22.9. The van der Waals surface area contributed by atoms with Gasteiger partial charge in [-0.1, -0.05) is 24.3 Å². The number of anilines is 1. The van der Waals surface area contributed by atoms with Crippen molar-refractivity contribution >= 4 is 29.5 Å². The fraction of sp³-hybridized carbons (Fsp3) is 0.267. The third-order valence-corrected chi connectivity index (χ3v) is 6.69. The van der Waals surface area contributed by atoms with Crippen molar-refractivity contribution < 1.29 is 33.4 Å². The fourth-order valence-electron chi connectivity index (χ4n) is 4.87. The molecule has 1 aliphatic rings. The van der Waals surface area contributed by atoms with Gasteiger partial charge in [0.15, 0.2) is 6.17 Å². The van der Waals surface area contributed by atoms with Crippen molar-refractivity contribution in [3.8, 4) is 5.75 Å². The predicted molar refractivity (Wildman–Crippen MR) is 149 cm³/mol. The van der Waals surface area contributed by atoms with Crippen LogP contribution in [0.3, 0.4) is 0 Å². The van der Waals surface area contributed by atoms with Crippen LogP contribution < -0.4 is 15.4 Å². The number of carboxylic acids is 1. The van der Waals surface area contributed by atoms with E-state index in [1.54, 1.807) is 30.3 Å². The Bertz CT molecular complexity index is 1440. The van der Waals surface area contributed by atoms with Gasteiger partial charge in [0.2, 0.25) is 0 Å². The van der Waals surface area contributed by atoms with Gasteiger partial charge in [-0.15, -0.1) is 0 Å². The second-order valence-electron chi connectivity index (χ2n) is 9.81. The Morgan fingerprint density at radius 3 is 2.27 bits per heavy atom. The van der Waals surface area contributed by atoms with E-state index in [1.165, 1.54) is 35.1 Å². The summed E-state index contributed by atoms with van der Waals surface area (Å²) in [6, 6.07) is 15.4. The fourth-order valence-corrected chi connectivity index (χ4v) is 4.87. The molecule has 10 nitrogen and oxygen atoms in total. The molecule has 1 aliphatic heterocycles. The molecule has 4 rings (SSSR count). The summed E-state index contributed by atoms with van der Waals surface area (Å²) < 4.78 is 18.8. The molecule has 2 unspecified atom stereocenters. The van der Waals surface area contributed by atoms with Gasteiger partial charge in [-0.2, -0.15) is 0 Å². The highest BCUT2D eigenvalue weighted by Gasteiger charge is 2.44. The van der Waals surface area contributed by atoms with Crippen molar-refractivity contribution in [2.24, 2.45) is 0 Å². The van der Waals surface area contributed by atoms with Gasteiger partial charge in [-0.3, -0.25) is 19.3 Å². The molecule has 0 bridgehead atoms. The number of carbonyl (C=O) groups excluding carboxylic acids is 3. The molecule has 0 aliphatic carbocycles. The molecule has 4 amide bonds. The van der Waals surface area contributed by atoms with Crippen molar-refractivity contribution in [2.75, 3.05) is 25.5 Å². The summed E-state index contributed by atoms with van der Waals surface area (Å²) in [5.74, 6) is -2.54. The lowest BCUT2D eigenvalue weighted by molar-refractivity contribution is -0.138. The van der Waals surface area contributed by atoms with Crippen LogP contribution in [0.5, 0.6) is 5.75 Å². The van der Waals surface area contributed by atoms with Gasteiger partial charge in [0.1, 0.15) is 11.6 Å². The summed E-state index contributed by atoms with van der Waals surface area (Å²) in [5.41, 5.74) is 3.00. The number of rotatable bonds is 8. The molecule has 1 fully saturated rings. The molecule has 3 N–H and O–H groups in total. The summed E-state index contributed by atoms with van der Waals surface area (Å²) in [6.45, 7) is 3.88. The number of nitrogens with one attached hydrogen (secondary N) is 2. The van der Waals surface area contributed by atoms with Crippen LogP contribution in [0.15, 0.2) is 66.7 Å². The van der Waals surface area contributed by atoms with Crippen molar-refractivity contribution in [2.45, 2.75) is 32.5 Å². The summed E-state index contributed by atoms with van der Waals surface area (Å²) >= 11 is 0. The molecule has 3 aromatic carbocycles. The molecule has 0 spiro atoms. The van der Waals surface area contributed by atoms with Crippen LogP contribution in [0.4, 0.5) is 14.9 Å². The van der Waals surface area contributed by atoms with E-state index in [2.05, 4.69) is 10.6 Å². The first-order valence-electron chi connectivity index (χ1n) is 12.9. The number of benzene rings is 3. The smallest absolute Gasteiger partial charge is 0.323 e. The van der Waals surface area contributed by atoms with E-state index in [0.29, 0.717) is 17.0 Å². The van der Waals surface area contributed by atoms with E-state index in [1.807, 2.05) is 19.9 Å². The zero-order valence-electron chi connectivity index (χ0n) is 22.9. The van der Waals surface area contributed by atoms with Crippen molar-refractivity contribution in [3.05, 3.63) is 94.8 Å². The number of halogens is 1. The van der Waals surface area contributed by atoms with E-state index in [4.69, 9.17) is 4.74 Å². The lowest BCUT2D eigenvalue weighted by atomic mass is 10.0. The Labute approximate surface area is 236 Å². The van der Waals surface area contributed by atoms with Crippen molar-refractivity contribution in [1.29, 1.82) is 0 Å². The number of aryl methyl sites for hydroxylation is 2. The number of nitrogens with zero attached hydrogens (tertiary/aromatic N) is 2. The summed E-state index contributed by atoms with van der Waals surface area (Å²) in [7, 11) is 1.47. The number of hydrogen-bond donors (Lipinski definition) is 3. The average molecular weight is 563 g/mol. The van der Waals surface area contributed by atoms with Gasteiger partial charge in [0.05, 0.1) is 19.6 Å². The molecule has 3 aromatic rings. The Morgan fingerprint density at radius 2 is 1.63 bits per heavy atom. The third-order valence-electron chi connectivity index (χ3n) is 6.69. The van der Waals surface area contributed by atoms with Crippen LogP contribution >= 0.6 is 0 Å². The molecular formula is C30H31FN4O6. The first-order chi connectivity index (χ1) is 19.5. The summed E-state index contributed by atoms with van der Waals surface area (Å²) in [5, 5.41) is 15.0. The highest BCUT2D eigenvalue weighted by molar-refractivity contribution is 6.01. The molecule has 41 heavy (non-hydrogen) atoms. The minimum Gasteiger partial charge on any atom is -0.497 e. The van der Waals surface area contributed by atoms with Crippen LogP contribution in [0.1, 0.15) is 39.5 Å². The largest absolute Gasteiger partial charge is 0.497 e. The minimum atomic E-state index is -1.39. The molecular weight excluding hydrogens is 531 g/mol. The number of carboxylic acid groups (broad SMARTS) is 1. The first kappa shape index (κ1) is 29.1. The summed E-state index contributed by atoms with van der Waals surface area (Å²) in [6.07, 6.45) is -1.89. The maximum Gasteiger partial charge on any atom is 0.323 e. The average Bonchev–Trinajstić information content (AvgIpc) is 3.37. The van der Waals surface area contributed by atoms with Gasteiger partial charge in [-0.25, -0.2) is 9.18 Å². The van der Waals surface area contributed by atoms with E-state index in [0.717, 1.165) is 23.3 Å². The van der Waals surface area contributed by atoms with Gasteiger partial charge < -0.3 is 25.4 Å². The molecule has 11 heteroatoms.